The molecule has 0 amide bonds. The summed E-state index contributed by atoms with van der Waals surface area (Å²) in [7, 11) is 0. The van der Waals surface area contributed by atoms with E-state index in [1.807, 2.05) is 19.1 Å². The number of halogens is 1. The van der Waals surface area contributed by atoms with E-state index in [1.165, 1.54) is 4.88 Å². The summed E-state index contributed by atoms with van der Waals surface area (Å²) in [6, 6.07) is 5.78. The Hall–Kier alpha value is -1.11. The molecule has 2 rings (SSSR count). The van der Waals surface area contributed by atoms with Crippen LogP contribution in [0, 0.1) is 18.3 Å². The van der Waals surface area contributed by atoms with E-state index in [1.54, 1.807) is 17.4 Å². The first-order valence-electron chi connectivity index (χ1n) is 3.67. The molecule has 2 aromatic rings. The molecule has 0 unspecified atom stereocenters. The summed E-state index contributed by atoms with van der Waals surface area (Å²) in [5.41, 5.74) is 0.437. The van der Waals surface area contributed by atoms with E-state index < -0.39 is 0 Å². The van der Waals surface area contributed by atoms with Gasteiger partial charge in [0, 0.05) is 10.3 Å². The lowest BCUT2D eigenvalue weighted by Gasteiger charge is -1.92. The topological polar surface area (TPSA) is 36.7 Å². The molecule has 2 nitrogen and oxygen atoms in total. The molecule has 0 radical (unpaired) electrons. The van der Waals surface area contributed by atoms with Crippen molar-refractivity contribution in [3.63, 3.8) is 0 Å². The van der Waals surface area contributed by atoms with Gasteiger partial charge in [-0.05, 0) is 19.1 Å². The standard InChI is InChI=1S/C9H5ClN2S/c1-5-2-6-3-7(4-11)8(10)12-9(6)13-5/h2-3H,1H3. The van der Waals surface area contributed by atoms with Crippen LogP contribution in [0.4, 0.5) is 0 Å². The maximum atomic E-state index is 8.71. The minimum Gasteiger partial charge on any atom is -0.224 e. The zero-order chi connectivity index (χ0) is 9.42. The van der Waals surface area contributed by atoms with Crippen LogP contribution in [0.5, 0.6) is 0 Å². The van der Waals surface area contributed by atoms with Gasteiger partial charge in [-0.1, -0.05) is 11.6 Å². The first-order chi connectivity index (χ1) is 6.20. The van der Waals surface area contributed by atoms with Gasteiger partial charge in [0.2, 0.25) is 0 Å². The van der Waals surface area contributed by atoms with E-state index >= 15 is 0 Å². The van der Waals surface area contributed by atoms with Gasteiger partial charge in [0.25, 0.3) is 0 Å². The Kier molecular flexibility index (Phi) is 1.95. The molecule has 0 aromatic carbocycles. The van der Waals surface area contributed by atoms with Crippen molar-refractivity contribution in [2.24, 2.45) is 0 Å². The molecule has 2 aromatic heterocycles. The lowest BCUT2D eigenvalue weighted by molar-refractivity contribution is 1.39. The second-order valence-electron chi connectivity index (χ2n) is 2.69. The first kappa shape index (κ1) is 8.49. The number of aromatic nitrogens is 1. The van der Waals surface area contributed by atoms with Crippen LogP contribution in [0.25, 0.3) is 10.2 Å². The maximum Gasteiger partial charge on any atom is 0.148 e. The van der Waals surface area contributed by atoms with E-state index in [4.69, 9.17) is 16.9 Å². The Morgan fingerprint density at radius 3 is 3.00 bits per heavy atom. The van der Waals surface area contributed by atoms with E-state index in [2.05, 4.69) is 4.98 Å². The summed E-state index contributed by atoms with van der Waals surface area (Å²) in [5, 5.41) is 9.99. The zero-order valence-electron chi connectivity index (χ0n) is 6.84. The van der Waals surface area contributed by atoms with Crippen LogP contribution in [0.1, 0.15) is 10.4 Å². The van der Waals surface area contributed by atoms with Crippen molar-refractivity contribution >= 4 is 33.2 Å². The summed E-state index contributed by atoms with van der Waals surface area (Å²) < 4.78 is 0. The van der Waals surface area contributed by atoms with Crippen molar-refractivity contribution in [1.82, 2.24) is 4.98 Å². The average Bonchev–Trinajstić information content (AvgIpc) is 2.42. The molecule has 0 atom stereocenters. The van der Waals surface area contributed by atoms with Gasteiger partial charge in [-0.2, -0.15) is 5.26 Å². The highest BCUT2D eigenvalue weighted by Gasteiger charge is 2.05. The summed E-state index contributed by atoms with van der Waals surface area (Å²) in [4.78, 5) is 6.19. The molecular weight excluding hydrogens is 204 g/mol. The Labute approximate surface area is 84.4 Å². The first-order valence-corrected chi connectivity index (χ1v) is 4.87. The molecule has 0 saturated carbocycles. The Bertz CT molecular complexity index is 510. The number of hydrogen-bond acceptors (Lipinski definition) is 3. The normalized spacial score (nSPS) is 10.2. The quantitative estimate of drug-likeness (QED) is 0.624. The third-order valence-electron chi connectivity index (χ3n) is 1.71. The van der Waals surface area contributed by atoms with Gasteiger partial charge in [0.15, 0.2) is 0 Å². The minimum atomic E-state index is 0.289. The Balaban J connectivity index is 2.82. The molecule has 2 heterocycles. The van der Waals surface area contributed by atoms with Crippen LogP contribution in [0.3, 0.4) is 0 Å². The van der Waals surface area contributed by atoms with Crippen molar-refractivity contribution in [3.05, 3.63) is 27.7 Å². The molecule has 0 spiro atoms. The summed E-state index contributed by atoms with van der Waals surface area (Å²) in [5.74, 6) is 0. The fraction of sp³-hybridized carbons (Fsp3) is 0.111. The number of pyridine rings is 1. The maximum absolute atomic E-state index is 8.71. The largest absolute Gasteiger partial charge is 0.224 e. The molecule has 0 bridgehead atoms. The third-order valence-corrected chi connectivity index (χ3v) is 2.95. The van der Waals surface area contributed by atoms with E-state index in [0.717, 1.165) is 10.2 Å². The molecule has 0 aliphatic rings. The summed E-state index contributed by atoms with van der Waals surface area (Å²) >= 11 is 7.37. The van der Waals surface area contributed by atoms with Crippen molar-refractivity contribution < 1.29 is 0 Å². The van der Waals surface area contributed by atoms with Crippen molar-refractivity contribution in [2.45, 2.75) is 6.92 Å². The van der Waals surface area contributed by atoms with Crippen molar-refractivity contribution in [2.75, 3.05) is 0 Å². The van der Waals surface area contributed by atoms with Crippen LogP contribution >= 0.6 is 22.9 Å². The number of hydrogen-bond donors (Lipinski definition) is 0. The molecule has 0 fully saturated rings. The van der Waals surface area contributed by atoms with Gasteiger partial charge in [-0.15, -0.1) is 11.3 Å². The van der Waals surface area contributed by atoms with Crippen LogP contribution in [0.15, 0.2) is 12.1 Å². The minimum absolute atomic E-state index is 0.289. The fourth-order valence-corrected chi connectivity index (χ4v) is 2.25. The Morgan fingerprint density at radius 1 is 1.54 bits per heavy atom. The molecule has 0 aliphatic carbocycles. The number of aryl methyl sites for hydroxylation is 1. The van der Waals surface area contributed by atoms with E-state index in [-0.39, 0.29) is 5.15 Å². The number of nitriles is 1. The zero-order valence-corrected chi connectivity index (χ0v) is 8.41. The van der Waals surface area contributed by atoms with Crippen LogP contribution in [-0.4, -0.2) is 4.98 Å². The van der Waals surface area contributed by atoms with Gasteiger partial charge in [0.05, 0.1) is 5.56 Å². The smallest absolute Gasteiger partial charge is 0.148 e. The van der Waals surface area contributed by atoms with Crippen LogP contribution in [0.2, 0.25) is 5.15 Å². The fourth-order valence-electron chi connectivity index (χ4n) is 1.16. The summed E-state index contributed by atoms with van der Waals surface area (Å²) in [6.45, 7) is 2.01. The van der Waals surface area contributed by atoms with Crippen LogP contribution < -0.4 is 0 Å². The van der Waals surface area contributed by atoms with Gasteiger partial charge in [0.1, 0.15) is 16.1 Å². The SMILES string of the molecule is Cc1cc2cc(C#N)c(Cl)nc2s1. The van der Waals surface area contributed by atoms with Crippen molar-refractivity contribution in [3.8, 4) is 6.07 Å². The average molecular weight is 209 g/mol. The Morgan fingerprint density at radius 2 is 2.31 bits per heavy atom. The monoisotopic (exact) mass is 208 g/mol. The second-order valence-corrected chi connectivity index (χ2v) is 4.28. The lowest BCUT2D eigenvalue weighted by Crippen LogP contribution is -1.80. The van der Waals surface area contributed by atoms with Gasteiger partial charge in [-0.3, -0.25) is 0 Å². The molecule has 0 aliphatic heterocycles. The number of rotatable bonds is 0. The highest BCUT2D eigenvalue weighted by molar-refractivity contribution is 7.18. The number of nitrogens with zero attached hydrogens (tertiary/aromatic N) is 2. The van der Waals surface area contributed by atoms with Gasteiger partial charge >= 0.3 is 0 Å². The third kappa shape index (κ3) is 1.39. The van der Waals surface area contributed by atoms with Gasteiger partial charge < -0.3 is 0 Å². The lowest BCUT2D eigenvalue weighted by atomic mass is 10.2. The molecule has 4 heteroatoms. The second kappa shape index (κ2) is 2.99. The predicted molar refractivity (Wildman–Crippen MR) is 54.1 cm³/mol. The van der Waals surface area contributed by atoms with Crippen molar-refractivity contribution in [1.29, 1.82) is 5.26 Å². The molecule has 0 N–H and O–H groups in total. The highest BCUT2D eigenvalue weighted by atomic mass is 35.5. The molecule has 0 saturated heterocycles. The van der Waals surface area contributed by atoms with Gasteiger partial charge in [-0.25, -0.2) is 4.98 Å². The number of thiophene rings is 1. The van der Waals surface area contributed by atoms with Crippen LogP contribution in [-0.2, 0) is 0 Å². The van der Waals surface area contributed by atoms with E-state index in [9.17, 15) is 0 Å². The number of fused-ring (bicyclic) bond motifs is 1. The van der Waals surface area contributed by atoms with E-state index in [0.29, 0.717) is 5.56 Å². The summed E-state index contributed by atoms with van der Waals surface area (Å²) in [6.07, 6.45) is 0. The predicted octanol–water partition coefficient (Wildman–Crippen LogP) is 3.13. The molecular formula is C9H5ClN2S. The highest BCUT2D eigenvalue weighted by Crippen LogP contribution is 2.26. The molecule has 64 valence electrons. The molecule has 13 heavy (non-hydrogen) atoms.